The number of nitrogens with zero attached hydrogens (tertiary/aromatic N) is 2. The van der Waals surface area contributed by atoms with Crippen molar-refractivity contribution in [3.05, 3.63) is 52.6 Å². The van der Waals surface area contributed by atoms with Gasteiger partial charge in [-0.15, -0.1) is 0 Å². The van der Waals surface area contributed by atoms with Gasteiger partial charge in [-0.25, -0.2) is 0 Å². The van der Waals surface area contributed by atoms with Gasteiger partial charge in [0.15, 0.2) is 0 Å². The van der Waals surface area contributed by atoms with Crippen molar-refractivity contribution in [1.29, 1.82) is 0 Å². The summed E-state index contributed by atoms with van der Waals surface area (Å²) in [6.45, 7) is 6.99. The van der Waals surface area contributed by atoms with Crippen molar-refractivity contribution >= 4 is 39.9 Å². The maximum Gasteiger partial charge on any atom is 0.266 e. The molecule has 0 unspecified atom stereocenters. The lowest BCUT2D eigenvalue weighted by Crippen LogP contribution is -2.27. The minimum Gasteiger partial charge on any atom is -0.347 e. The molecule has 0 radical (unpaired) electrons. The quantitative estimate of drug-likeness (QED) is 0.596. The van der Waals surface area contributed by atoms with Gasteiger partial charge in [-0.05, 0) is 30.7 Å². The molecule has 1 fully saturated rings. The van der Waals surface area contributed by atoms with Crippen LogP contribution in [0.3, 0.4) is 0 Å². The zero-order valence-electron chi connectivity index (χ0n) is 13.8. The van der Waals surface area contributed by atoms with E-state index in [1.807, 2.05) is 13.0 Å². The molecular weight excluding hydrogens is 324 g/mol. The van der Waals surface area contributed by atoms with Crippen molar-refractivity contribution in [1.82, 2.24) is 4.90 Å². The van der Waals surface area contributed by atoms with Gasteiger partial charge < -0.3 is 4.90 Å². The Kier molecular flexibility index (Phi) is 4.10. The van der Waals surface area contributed by atoms with Gasteiger partial charge in [0.25, 0.3) is 5.91 Å². The number of para-hydroxylation sites is 1. The Labute approximate surface area is 147 Å². The van der Waals surface area contributed by atoms with Gasteiger partial charge in [0.1, 0.15) is 4.32 Å². The predicted octanol–water partition coefficient (Wildman–Crippen LogP) is 4.06. The van der Waals surface area contributed by atoms with E-state index in [-0.39, 0.29) is 11.3 Å². The molecule has 3 rings (SSSR count). The molecule has 1 saturated heterocycles. The molecule has 2 aliphatic rings. The molecule has 0 aromatic heterocycles. The van der Waals surface area contributed by atoms with E-state index in [4.69, 9.17) is 12.2 Å². The van der Waals surface area contributed by atoms with E-state index in [2.05, 4.69) is 56.1 Å². The number of thiocarbonyl (C=S) groups is 1. The normalized spacial score (nSPS) is 23.3. The second-order valence-electron chi connectivity index (χ2n) is 6.20. The summed E-state index contributed by atoms with van der Waals surface area (Å²) in [5.41, 5.74) is 3.63. The van der Waals surface area contributed by atoms with Crippen LogP contribution in [0.15, 0.2) is 47.0 Å². The zero-order chi connectivity index (χ0) is 16.8. The first kappa shape index (κ1) is 16.3. The van der Waals surface area contributed by atoms with Crippen molar-refractivity contribution in [2.75, 3.05) is 18.5 Å². The van der Waals surface area contributed by atoms with Gasteiger partial charge in [-0.1, -0.05) is 56.0 Å². The van der Waals surface area contributed by atoms with Crippen molar-refractivity contribution in [3.8, 4) is 0 Å². The molecule has 0 saturated carbocycles. The number of fused-ring (bicyclic) bond motifs is 1. The molecule has 0 aliphatic carbocycles. The van der Waals surface area contributed by atoms with E-state index < -0.39 is 0 Å². The van der Waals surface area contributed by atoms with Gasteiger partial charge >= 0.3 is 0 Å². The van der Waals surface area contributed by atoms with Crippen molar-refractivity contribution in [2.45, 2.75) is 26.2 Å². The Morgan fingerprint density at radius 3 is 2.57 bits per heavy atom. The Morgan fingerprint density at radius 1 is 1.26 bits per heavy atom. The Hall–Kier alpha value is -1.59. The lowest BCUT2D eigenvalue weighted by molar-refractivity contribution is -0.122. The fourth-order valence-corrected chi connectivity index (χ4v) is 4.57. The fraction of sp³-hybridized carbons (Fsp3) is 0.333. The second kappa shape index (κ2) is 5.80. The number of carbonyl (C=O) groups excluding carboxylic acids is 1. The summed E-state index contributed by atoms with van der Waals surface area (Å²) in [6, 6.07) is 8.43. The summed E-state index contributed by atoms with van der Waals surface area (Å²) < 4.78 is 0.643. The average Bonchev–Trinajstić information content (AvgIpc) is 2.90. The van der Waals surface area contributed by atoms with Crippen molar-refractivity contribution < 1.29 is 4.79 Å². The summed E-state index contributed by atoms with van der Waals surface area (Å²) in [5.74, 6) is 0.00956. The molecule has 0 atom stereocenters. The third kappa shape index (κ3) is 2.52. The number of allylic oxidation sites excluding steroid dienone is 3. The third-order valence-electron chi connectivity index (χ3n) is 4.52. The first-order valence-corrected chi connectivity index (χ1v) is 8.89. The summed E-state index contributed by atoms with van der Waals surface area (Å²) >= 11 is 6.64. The predicted molar refractivity (Wildman–Crippen MR) is 102 cm³/mol. The van der Waals surface area contributed by atoms with Gasteiger partial charge in [0, 0.05) is 30.4 Å². The topological polar surface area (TPSA) is 23.6 Å². The molecule has 0 N–H and O–H groups in total. The molecule has 2 aliphatic heterocycles. The van der Waals surface area contributed by atoms with Crippen LogP contribution in [0.4, 0.5) is 5.69 Å². The first-order chi connectivity index (χ1) is 10.9. The highest BCUT2D eigenvalue weighted by molar-refractivity contribution is 8.26. The number of rotatable bonds is 2. The van der Waals surface area contributed by atoms with Gasteiger partial charge in [0.2, 0.25) is 0 Å². The lowest BCUT2D eigenvalue weighted by atomic mass is 9.84. The molecule has 5 heteroatoms. The zero-order valence-corrected chi connectivity index (χ0v) is 15.4. The fourth-order valence-electron chi connectivity index (χ4n) is 3.24. The monoisotopic (exact) mass is 344 g/mol. The van der Waals surface area contributed by atoms with Gasteiger partial charge in [0.05, 0.1) is 4.91 Å². The minimum absolute atomic E-state index is 0.00956. The second-order valence-corrected chi connectivity index (χ2v) is 7.88. The van der Waals surface area contributed by atoms with Crippen LogP contribution in [-0.4, -0.2) is 28.7 Å². The molecule has 0 bridgehead atoms. The van der Waals surface area contributed by atoms with Crippen LogP contribution in [0.5, 0.6) is 0 Å². The van der Waals surface area contributed by atoms with E-state index >= 15 is 0 Å². The third-order valence-corrected chi connectivity index (χ3v) is 5.92. The number of benzene rings is 1. The van der Waals surface area contributed by atoms with Crippen LogP contribution in [0.2, 0.25) is 0 Å². The number of likely N-dealkylation sites (N-methyl/N-ethyl adjacent to an activating group) is 2. The highest BCUT2D eigenvalue weighted by Gasteiger charge is 2.38. The Bertz CT molecular complexity index is 749. The number of carbonyl (C=O) groups is 1. The summed E-state index contributed by atoms with van der Waals surface area (Å²) in [6.07, 6.45) is 3.97. The lowest BCUT2D eigenvalue weighted by Gasteiger charge is -2.23. The van der Waals surface area contributed by atoms with E-state index in [9.17, 15) is 4.79 Å². The molecule has 1 aromatic rings. The number of amides is 1. The standard InChI is InChI=1S/C18H20N2OS2/c1-5-20-16(21)14(23-17(20)22)10-11-15-18(2,3)12-8-6-7-9-13(12)19(15)4/h6-11H,5H2,1-4H3/b14-10+,15-11+. The molecule has 1 aromatic carbocycles. The first-order valence-electron chi connectivity index (χ1n) is 7.67. The van der Waals surface area contributed by atoms with Crippen LogP contribution in [0, 0.1) is 0 Å². The Balaban J connectivity index is 1.97. The van der Waals surface area contributed by atoms with Crippen LogP contribution >= 0.6 is 24.0 Å². The number of hydrogen-bond acceptors (Lipinski definition) is 4. The van der Waals surface area contributed by atoms with Crippen molar-refractivity contribution in [2.24, 2.45) is 0 Å². The molecule has 23 heavy (non-hydrogen) atoms. The highest BCUT2D eigenvalue weighted by Crippen LogP contribution is 2.46. The summed E-state index contributed by atoms with van der Waals surface area (Å²) in [7, 11) is 2.07. The largest absolute Gasteiger partial charge is 0.347 e. The van der Waals surface area contributed by atoms with E-state index in [1.165, 1.54) is 28.7 Å². The van der Waals surface area contributed by atoms with E-state index in [1.54, 1.807) is 4.90 Å². The van der Waals surface area contributed by atoms with E-state index in [0.717, 1.165) is 0 Å². The van der Waals surface area contributed by atoms with E-state index in [0.29, 0.717) is 15.8 Å². The van der Waals surface area contributed by atoms with Crippen LogP contribution in [0.1, 0.15) is 26.3 Å². The SMILES string of the molecule is CCN1C(=O)/C(=C\C=C2\N(C)c3ccccc3C2(C)C)SC1=S. The number of anilines is 1. The number of hydrogen-bond donors (Lipinski definition) is 0. The summed E-state index contributed by atoms with van der Waals surface area (Å²) in [4.78, 5) is 16.9. The van der Waals surface area contributed by atoms with Crippen molar-refractivity contribution in [3.63, 3.8) is 0 Å². The summed E-state index contributed by atoms with van der Waals surface area (Å²) in [5, 5.41) is 0. The molecule has 3 nitrogen and oxygen atoms in total. The highest BCUT2D eigenvalue weighted by atomic mass is 32.2. The Morgan fingerprint density at radius 2 is 1.96 bits per heavy atom. The van der Waals surface area contributed by atoms with Crippen LogP contribution < -0.4 is 4.90 Å². The smallest absolute Gasteiger partial charge is 0.266 e. The molecule has 1 amide bonds. The van der Waals surface area contributed by atoms with Crippen LogP contribution in [-0.2, 0) is 10.2 Å². The minimum atomic E-state index is -0.0837. The molecule has 2 heterocycles. The maximum absolute atomic E-state index is 12.3. The maximum atomic E-state index is 12.3. The molecular formula is C18H20N2OS2. The molecule has 0 spiro atoms. The van der Waals surface area contributed by atoms with Gasteiger partial charge in [-0.2, -0.15) is 0 Å². The average molecular weight is 345 g/mol. The molecule has 120 valence electrons. The van der Waals surface area contributed by atoms with Gasteiger partial charge in [-0.3, -0.25) is 9.69 Å². The van der Waals surface area contributed by atoms with Crippen LogP contribution in [0.25, 0.3) is 0 Å². The number of thioether (sulfide) groups is 1.